The molecule has 2 fully saturated rings. The molecule has 0 unspecified atom stereocenters. The molecule has 0 aliphatic carbocycles. The number of ether oxygens (including phenoxy) is 2. The van der Waals surface area contributed by atoms with Gasteiger partial charge < -0.3 is 29.7 Å². The number of aliphatic hydroxyl groups excluding tert-OH is 1. The number of nitrogens with one attached hydrogen (secondary N) is 1. The van der Waals surface area contributed by atoms with E-state index in [0.717, 1.165) is 16.3 Å². The third-order valence-corrected chi connectivity index (χ3v) is 7.25. The number of likely N-dealkylation sites (tertiary alicyclic amines) is 1. The lowest BCUT2D eigenvalue weighted by Crippen LogP contribution is -2.51. The Kier molecular flexibility index (Phi) is 7.57. The number of methoxy groups -OCH3 is 1. The zero-order valence-electron chi connectivity index (χ0n) is 22.3. The summed E-state index contributed by atoms with van der Waals surface area (Å²) in [4.78, 5) is 33.5. The summed E-state index contributed by atoms with van der Waals surface area (Å²) in [6, 6.07) is 3.79. The molecule has 0 bridgehead atoms. The minimum Gasteiger partial charge on any atom is -0.477 e. The van der Waals surface area contributed by atoms with Gasteiger partial charge in [-0.05, 0) is 35.4 Å². The lowest BCUT2D eigenvalue weighted by molar-refractivity contribution is -0.135. The Balaban J connectivity index is 1.33. The third kappa shape index (κ3) is 5.48. The highest BCUT2D eigenvalue weighted by atomic mass is 16.5. The van der Waals surface area contributed by atoms with Crippen LogP contribution < -0.4 is 15.0 Å². The van der Waals surface area contributed by atoms with Crippen molar-refractivity contribution in [1.29, 1.82) is 0 Å². The van der Waals surface area contributed by atoms with E-state index in [9.17, 15) is 9.90 Å². The fourth-order valence-corrected chi connectivity index (χ4v) is 4.97. The Morgan fingerprint density at radius 3 is 2.68 bits per heavy atom. The van der Waals surface area contributed by atoms with Crippen LogP contribution >= 0.6 is 0 Å². The van der Waals surface area contributed by atoms with Crippen LogP contribution in [-0.4, -0.2) is 88.0 Å². The SMILES string of the molecule is CO[C@H]1CCN(c2nccc(Nc3cc4c(C(C)C)cnc(OCC5CN(C(C)=O)C5)c4cn3)n2)C[C@H]1O. The number of rotatable bonds is 8. The van der Waals surface area contributed by atoms with E-state index in [4.69, 9.17) is 9.47 Å². The predicted molar refractivity (Wildman–Crippen MR) is 144 cm³/mol. The van der Waals surface area contributed by atoms with Crippen molar-refractivity contribution >= 4 is 34.3 Å². The quantitative estimate of drug-likeness (QED) is 0.457. The summed E-state index contributed by atoms with van der Waals surface area (Å²) in [5.41, 5.74) is 1.10. The number of carbonyl (C=O) groups is 1. The van der Waals surface area contributed by atoms with Gasteiger partial charge in [-0.15, -0.1) is 0 Å². The molecule has 3 aromatic heterocycles. The largest absolute Gasteiger partial charge is 0.477 e. The molecule has 2 aliphatic heterocycles. The lowest BCUT2D eigenvalue weighted by Gasteiger charge is -2.38. The minimum absolute atomic E-state index is 0.0967. The molecule has 0 spiro atoms. The number of hydrogen-bond acceptors (Lipinski definition) is 10. The maximum Gasteiger partial charge on any atom is 0.227 e. The van der Waals surface area contributed by atoms with Crippen molar-refractivity contribution in [2.24, 2.45) is 5.92 Å². The smallest absolute Gasteiger partial charge is 0.227 e. The van der Waals surface area contributed by atoms with Crippen LogP contribution in [0.2, 0.25) is 0 Å². The summed E-state index contributed by atoms with van der Waals surface area (Å²) >= 11 is 0. The molecule has 5 rings (SSSR count). The summed E-state index contributed by atoms with van der Waals surface area (Å²) in [5.74, 6) is 3.02. The van der Waals surface area contributed by atoms with Crippen LogP contribution in [0.1, 0.15) is 38.7 Å². The topological polar surface area (TPSA) is 126 Å². The molecule has 2 N–H and O–H groups in total. The van der Waals surface area contributed by atoms with Gasteiger partial charge in [0.25, 0.3) is 0 Å². The van der Waals surface area contributed by atoms with Crippen molar-refractivity contribution in [1.82, 2.24) is 24.8 Å². The van der Waals surface area contributed by atoms with Gasteiger partial charge in [-0.1, -0.05) is 13.8 Å². The van der Waals surface area contributed by atoms with E-state index in [2.05, 4.69) is 39.1 Å². The number of aromatic nitrogens is 4. The summed E-state index contributed by atoms with van der Waals surface area (Å²) in [6.45, 7) is 8.91. The average Bonchev–Trinajstić information content (AvgIpc) is 2.87. The first-order valence-electron chi connectivity index (χ1n) is 13.0. The normalized spacial score (nSPS) is 20.1. The van der Waals surface area contributed by atoms with Gasteiger partial charge >= 0.3 is 0 Å². The second kappa shape index (κ2) is 11.0. The van der Waals surface area contributed by atoms with E-state index in [1.54, 1.807) is 32.5 Å². The van der Waals surface area contributed by atoms with E-state index >= 15 is 0 Å². The highest BCUT2D eigenvalue weighted by molar-refractivity contribution is 5.91. The third-order valence-electron chi connectivity index (χ3n) is 7.25. The Labute approximate surface area is 222 Å². The maximum atomic E-state index is 11.5. The number of hydrogen-bond donors (Lipinski definition) is 2. The molecule has 0 aromatic carbocycles. The van der Waals surface area contributed by atoms with E-state index < -0.39 is 6.10 Å². The van der Waals surface area contributed by atoms with Crippen molar-refractivity contribution in [3.05, 3.63) is 36.3 Å². The van der Waals surface area contributed by atoms with Gasteiger partial charge in [-0.3, -0.25) is 4.79 Å². The molecule has 0 radical (unpaired) electrons. The van der Waals surface area contributed by atoms with Crippen molar-refractivity contribution in [3.8, 4) is 5.88 Å². The zero-order valence-corrected chi connectivity index (χ0v) is 22.3. The van der Waals surface area contributed by atoms with Crippen LogP contribution in [0, 0.1) is 5.92 Å². The minimum atomic E-state index is -0.590. The van der Waals surface area contributed by atoms with Gasteiger partial charge in [-0.25, -0.2) is 15.0 Å². The van der Waals surface area contributed by atoms with Gasteiger partial charge in [0, 0.05) is 64.7 Å². The van der Waals surface area contributed by atoms with E-state index in [1.165, 1.54) is 0 Å². The molecule has 5 heterocycles. The van der Waals surface area contributed by atoms with Crippen LogP contribution in [0.15, 0.2) is 30.7 Å². The number of piperidine rings is 1. The molecule has 2 saturated heterocycles. The predicted octanol–water partition coefficient (Wildman–Crippen LogP) is 2.73. The number of pyridine rings is 2. The van der Waals surface area contributed by atoms with Crippen LogP contribution in [0.3, 0.4) is 0 Å². The van der Waals surface area contributed by atoms with Gasteiger partial charge in [0.05, 0.1) is 24.2 Å². The summed E-state index contributed by atoms with van der Waals surface area (Å²) in [6.07, 6.45) is 5.29. The maximum absolute atomic E-state index is 11.5. The monoisotopic (exact) mass is 521 g/mol. The summed E-state index contributed by atoms with van der Waals surface area (Å²) in [5, 5.41) is 15.5. The molecular formula is C27H35N7O4. The van der Waals surface area contributed by atoms with E-state index in [-0.39, 0.29) is 17.9 Å². The average molecular weight is 522 g/mol. The Morgan fingerprint density at radius 2 is 1.97 bits per heavy atom. The van der Waals surface area contributed by atoms with Gasteiger partial charge in [0.2, 0.25) is 17.7 Å². The number of carbonyl (C=O) groups excluding carboxylic acids is 1. The van der Waals surface area contributed by atoms with Gasteiger partial charge in [0.15, 0.2) is 0 Å². The molecule has 202 valence electrons. The molecule has 2 atom stereocenters. The first-order valence-corrected chi connectivity index (χ1v) is 13.0. The second-order valence-electron chi connectivity index (χ2n) is 10.3. The molecule has 0 saturated carbocycles. The Morgan fingerprint density at radius 1 is 1.16 bits per heavy atom. The molecular weight excluding hydrogens is 486 g/mol. The fraction of sp³-hybridized carbons (Fsp3) is 0.519. The molecule has 2 aliphatic rings. The van der Waals surface area contributed by atoms with E-state index in [1.807, 2.05) is 22.1 Å². The highest BCUT2D eigenvalue weighted by Crippen LogP contribution is 2.32. The lowest BCUT2D eigenvalue weighted by atomic mass is 9.99. The first-order chi connectivity index (χ1) is 18.3. The van der Waals surface area contributed by atoms with Crippen LogP contribution in [0.4, 0.5) is 17.6 Å². The van der Waals surface area contributed by atoms with Crippen molar-refractivity contribution < 1.29 is 19.4 Å². The molecule has 11 nitrogen and oxygen atoms in total. The van der Waals surface area contributed by atoms with Crippen molar-refractivity contribution in [2.75, 3.05) is 50.1 Å². The number of fused-ring (bicyclic) bond motifs is 1. The molecule has 3 aromatic rings. The van der Waals surface area contributed by atoms with Crippen molar-refractivity contribution in [3.63, 3.8) is 0 Å². The number of β-amino-alcohol motifs (C(OH)–C–C–N with tert-alkyl or cyclic N) is 1. The first kappa shape index (κ1) is 26.1. The van der Waals surface area contributed by atoms with Gasteiger partial charge in [-0.2, -0.15) is 4.98 Å². The summed E-state index contributed by atoms with van der Waals surface area (Å²) < 4.78 is 11.4. The summed E-state index contributed by atoms with van der Waals surface area (Å²) in [7, 11) is 1.62. The highest BCUT2D eigenvalue weighted by Gasteiger charge is 2.30. The standard InChI is InChI=1S/C27H35N7O4/c1-16(2)20-10-30-26(38-15-18-12-34(13-18)17(3)35)21-11-29-25(9-19(20)21)31-24-5-7-28-27(32-24)33-8-6-23(37-4)22(36)14-33/h5,7,9-11,16,18,22-23,36H,6,8,12-15H2,1-4H3,(H,28,29,31,32)/t22-,23+/m1/s1. The van der Waals surface area contributed by atoms with E-state index in [0.29, 0.717) is 68.6 Å². The molecule has 38 heavy (non-hydrogen) atoms. The van der Waals surface area contributed by atoms with Gasteiger partial charge in [0.1, 0.15) is 11.6 Å². The van der Waals surface area contributed by atoms with Crippen LogP contribution in [-0.2, 0) is 9.53 Å². The Bertz CT molecular complexity index is 1300. The Hall–Kier alpha value is -3.57. The van der Waals surface area contributed by atoms with Crippen LogP contribution in [0.25, 0.3) is 10.8 Å². The fourth-order valence-electron chi connectivity index (χ4n) is 4.97. The molecule has 1 amide bonds. The number of nitrogens with zero attached hydrogens (tertiary/aromatic N) is 6. The second-order valence-corrected chi connectivity index (χ2v) is 10.3. The number of amides is 1. The molecule has 11 heteroatoms. The van der Waals surface area contributed by atoms with Crippen LogP contribution in [0.5, 0.6) is 5.88 Å². The number of aliphatic hydroxyl groups is 1. The zero-order chi connectivity index (χ0) is 26.8. The number of anilines is 3. The van der Waals surface area contributed by atoms with Crippen molar-refractivity contribution in [2.45, 2.75) is 45.3 Å².